The maximum absolute atomic E-state index is 12.2. The van der Waals surface area contributed by atoms with Crippen LogP contribution in [0.1, 0.15) is 5.69 Å². The summed E-state index contributed by atoms with van der Waals surface area (Å²) in [7, 11) is 0. The molecule has 0 fully saturated rings. The summed E-state index contributed by atoms with van der Waals surface area (Å²) in [4.78, 5) is 16.3. The molecule has 0 saturated heterocycles. The number of benzene rings is 2. The van der Waals surface area contributed by atoms with Gasteiger partial charge in [0.25, 0.3) is 5.91 Å². The summed E-state index contributed by atoms with van der Waals surface area (Å²) in [5, 5.41) is 5.99. The van der Waals surface area contributed by atoms with Gasteiger partial charge < -0.3 is 9.47 Å². The number of nitrogens with one attached hydrogen (secondary N) is 1. The van der Waals surface area contributed by atoms with E-state index >= 15 is 0 Å². The summed E-state index contributed by atoms with van der Waals surface area (Å²) in [6.07, 6.45) is 2.38. The molecular formula is C19H15N3O3. The monoisotopic (exact) mass is 333 g/mol. The molecule has 1 atom stereocenters. The van der Waals surface area contributed by atoms with Gasteiger partial charge in [0.05, 0.1) is 11.9 Å². The van der Waals surface area contributed by atoms with Crippen molar-refractivity contribution >= 4 is 22.9 Å². The number of carbonyl (C=O) groups is 1. The van der Waals surface area contributed by atoms with Crippen molar-refractivity contribution in [1.29, 1.82) is 0 Å². The van der Waals surface area contributed by atoms with Crippen LogP contribution in [0.4, 0.5) is 0 Å². The second-order valence-corrected chi connectivity index (χ2v) is 5.55. The Balaban J connectivity index is 1.45. The Bertz CT molecular complexity index is 941. The molecule has 1 aromatic heterocycles. The molecule has 3 aromatic rings. The Morgan fingerprint density at radius 2 is 1.88 bits per heavy atom. The highest BCUT2D eigenvalue weighted by molar-refractivity contribution is 5.87. The van der Waals surface area contributed by atoms with Gasteiger partial charge in [-0.05, 0) is 35.0 Å². The molecule has 1 aliphatic heterocycles. The second-order valence-electron chi connectivity index (χ2n) is 5.55. The predicted molar refractivity (Wildman–Crippen MR) is 93.8 cm³/mol. The van der Waals surface area contributed by atoms with Gasteiger partial charge in [-0.15, -0.1) is 0 Å². The topological polar surface area (TPSA) is 72.8 Å². The first-order chi connectivity index (χ1) is 12.3. The number of amides is 1. The largest absolute Gasteiger partial charge is 0.485 e. The number of fused-ring (bicyclic) bond motifs is 2. The van der Waals surface area contributed by atoms with Crippen molar-refractivity contribution in [1.82, 2.24) is 10.4 Å². The summed E-state index contributed by atoms with van der Waals surface area (Å²) < 4.78 is 11.5. The number of hydrogen-bond acceptors (Lipinski definition) is 5. The lowest BCUT2D eigenvalue weighted by Crippen LogP contribution is -2.42. The highest BCUT2D eigenvalue weighted by Gasteiger charge is 2.27. The number of hydrazone groups is 1. The molecule has 1 unspecified atom stereocenters. The minimum absolute atomic E-state index is 0.135. The van der Waals surface area contributed by atoms with Crippen molar-refractivity contribution in [2.24, 2.45) is 5.10 Å². The summed E-state index contributed by atoms with van der Waals surface area (Å²) in [5.74, 6) is 0.824. The van der Waals surface area contributed by atoms with Gasteiger partial charge in [0.15, 0.2) is 11.5 Å². The number of ether oxygens (including phenoxy) is 2. The molecule has 2 heterocycles. The number of rotatable bonds is 3. The molecule has 1 amide bonds. The Hall–Kier alpha value is -3.41. The van der Waals surface area contributed by atoms with Crippen LogP contribution >= 0.6 is 0 Å². The van der Waals surface area contributed by atoms with Crippen molar-refractivity contribution in [2.45, 2.75) is 6.10 Å². The number of hydrogen-bond donors (Lipinski definition) is 1. The van der Waals surface area contributed by atoms with E-state index in [1.54, 1.807) is 12.3 Å². The lowest BCUT2D eigenvalue weighted by atomic mass is 10.1. The van der Waals surface area contributed by atoms with Crippen molar-refractivity contribution in [3.63, 3.8) is 0 Å². The zero-order valence-corrected chi connectivity index (χ0v) is 13.3. The highest BCUT2D eigenvalue weighted by atomic mass is 16.6. The quantitative estimate of drug-likeness (QED) is 0.590. The molecule has 0 aliphatic carbocycles. The van der Waals surface area contributed by atoms with E-state index in [0.717, 1.165) is 10.8 Å². The van der Waals surface area contributed by atoms with Crippen LogP contribution in [-0.2, 0) is 4.79 Å². The molecule has 0 bridgehead atoms. The van der Waals surface area contributed by atoms with E-state index in [0.29, 0.717) is 17.2 Å². The minimum atomic E-state index is -0.755. The van der Waals surface area contributed by atoms with Crippen LogP contribution < -0.4 is 14.9 Å². The molecule has 1 aliphatic rings. The van der Waals surface area contributed by atoms with Gasteiger partial charge >= 0.3 is 0 Å². The normalized spacial score (nSPS) is 16.1. The van der Waals surface area contributed by atoms with Crippen molar-refractivity contribution < 1.29 is 14.3 Å². The number of nitrogens with zero attached hydrogens (tertiary/aromatic N) is 2. The maximum Gasteiger partial charge on any atom is 0.284 e. The fourth-order valence-electron chi connectivity index (χ4n) is 2.57. The Kier molecular flexibility index (Phi) is 4.00. The van der Waals surface area contributed by atoms with Crippen molar-refractivity contribution in [3.05, 3.63) is 66.5 Å². The average Bonchev–Trinajstić information content (AvgIpc) is 2.66. The molecule has 6 heteroatoms. The lowest BCUT2D eigenvalue weighted by Gasteiger charge is -2.25. The Labute approximate surface area is 144 Å². The van der Waals surface area contributed by atoms with Gasteiger partial charge in [0.1, 0.15) is 6.61 Å². The average molecular weight is 333 g/mol. The first kappa shape index (κ1) is 15.1. The third kappa shape index (κ3) is 3.28. The number of carbonyl (C=O) groups excluding carboxylic acids is 1. The van der Waals surface area contributed by atoms with Crippen LogP contribution in [0.15, 0.2) is 65.9 Å². The molecule has 6 nitrogen and oxygen atoms in total. The van der Waals surface area contributed by atoms with Gasteiger partial charge in [0.2, 0.25) is 6.10 Å². The van der Waals surface area contributed by atoms with Crippen LogP contribution in [0.2, 0.25) is 0 Å². The lowest BCUT2D eigenvalue weighted by molar-refractivity contribution is -0.130. The van der Waals surface area contributed by atoms with Crippen LogP contribution in [0, 0.1) is 0 Å². The molecule has 2 aromatic carbocycles. The molecule has 1 N–H and O–H groups in total. The third-order valence-electron chi connectivity index (χ3n) is 3.82. The summed E-state index contributed by atoms with van der Waals surface area (Å²) in [5.41, 5.74) is 3.11. The third-order valence-corrected chi connectivity index (χ3v) is 3.82. The van der Waals surface area contributed by atoms with E-state index in [1.165, 1.54) is 6.21 Å². The van der Waals surface area contributed by atoms with Crippen LogP contribution in [0.5, 0.6) is 11.5 Å². The van der Waals surface area contributed by atoms with E-state index in [1.807, 2.05) is 48.5 Å². The fourth-order valence-corrected chi connectivity index (χ4v) is 2.57. The molecule has 0 radical (unpaired) electrons. The molecule has 25 heavy (non-hydrogen) atoms. The molecule has 0 saturated carbocycles. The zero-order chi connectivity index (χ0) is 17.1. The van der Waals surface area contributed by atoms with E-state index < -0.39 is 6.10 Å². The maximum atomic E-state index is 12.2. The molecule has 0 spiro atoms. The Morgan fingerprint density at radius 3 is 2.64 bits per heavy atom. The standard InChI is InChI=1S/C19H15N3O3/c23-19(22-21-11-15-7-3-4-8-20-15)18-12-24-16-9-13-5-1-2-6-14(13)10-17(16)25-18/h1-11,18H,12H2,(H,22,23). The first-order valence-corrected chi connectivity index (χ1v) is 7.86. The summed E-state index contributed by atoms with van der Waals surface area (Å²) in [6, 6.07) is 17.1. The second kappa shape index (κ2) is 6.60. The molecule has 4 rings (SSSR count). The molecular weight excluding hydrogens is 318 g/mol. The summed E-state index contributed by atoms with van der Waals surface area (Å²) in [6.45, 7) is 0.135. The van der Waals surface area contributed by atoms with Crippen LogP contribution in [-0.4, -0.2) is 29.8 Å². The van der Waals surface area contributed by atoms with E-state index in [9.17, 15) is 4.79 Å². The predicted octanol–water partition coefficient (Wildman–Crippen LogP) is 2.52. The van der Waals surface area contributed by atoms with Gasteiger partial charge in [-0.1, -0.05) is 30.3 Å². The van der Waals surface area contributed by atoms with Crippen molar-refractivity contribution in [3.8, 4) is 11.5 Å². The SMILES string of the molecule is O=C(NN=Cc1ccccn1)C1COc2cc3ccccc3cc2O1. The summed E-state index contributed by atoms with van der Waals surface area (Å²) >= 11 is 0. The van der Waals surface area contributed by atoms with E-state index in [2.05, 4.69) is 15.5 Å². The number of aromatic nitrogens is 1. The van der Waals surface area contributed by atoms with Gasteiger partial charge in [0, 0.05) is 6.20 Å². The van der Waals surface area contributed by atoms with E-state index in [4.69, 9.17) is 9.47 Å². The minimum Gasteiger partial charge on any atom is -0.485 e. The van der Waals surface area contributed by atoms with Gasteiger partial charge in [-0.2, -0.15) is 5.10 Å². The van der Waals surface area contributed by atoms with Crippen LogP contribution in [0.25, 0.3) is 10.8 Å². The first-order valence-electron chi connectivity index (χ1n) is 7.86. The van der Waals surface area contributed by atoms with Crippen molar-refractivity contribution in [2.75, 3.05) is 6.61 Å². The zero-order valence-electron chi connectivity index (χ0n) is 13.3. The van der Waals surface area contributed by atoms with Gasteiger partial charge in [-0.3, -0.25) is 9.78 Å². The molecule has 124 valence electrons. The Morgan fingerprint density at radius 1 is 1.12 bits per heavy atom. The highest BCUT2D eigenvalue weighted by Crippen LogP contribution is 2.35. The van der Waals surface area contributed by atoms with Gasteiger partial charge in [-0.25, -0.2) is 5.43 Å². The smallest absolute Gasteiger partial charge is 0.284 e. The fraction of sp³-hybridized carbons (Fsp3) is 0.105. The van der Waals surface area contributed by atoms with Crippen LogP contribution in [0.3, 0.4) is 0 Å². The number of pyridine rings is 1. The van der Waals surface area contributed by atoms with E-state index in [-0.39, 0.29) is 12.5 Å².